The number of hydrogen-bond donors (Lipinski definition) is 0. The average molecular weight is 221 g/mol. The van der Waals surface area contributed by atoms with E-state index in [2.05, 4.69) is 43.1 Å². The van der Waals surface area contributed by atoms with Crippen LogP contribution in [0.15, 0.2) is 42.1 Å². The molecule has 1 heterocycles. The zero-order chi connectivity index (χ0) is 11.8. The molecule has 0 amide bonds. The molecule has 0 unspecified atom stereocenters. The van der Waals surface area contributed by atoms with Gasteiger partial charge in [-0.25, -0.2) is 0 Å². The Labute approximate surface area is 102 Å². The quantitative estimate of drug-likeness (QED) is 0.708. The fourth-order valence-electron chi connectivity index (χ4n) is 2.52. The van der Waals surface area contributed by atoms with Crippen molar-refractivity contribution in [1.82, 2.24) is 4.98 Å². The summed E-state index contributed by atoms with van der Waals surface area (Å²) in [5.74, 6) is 0. The third-order valence-corrected chi connectivity index (χ3v) is 3.21. The lowest BCUT2D eigenvalue weighted by Crippen LogP contribution is -1.91. The van der Waals surface area contributed by atoms with E-state index >= 15 is 0 Å². The topological polar surface area (TPSA) is 12.9 Å². The lowest BCUT2D eigenvalue weighted by molar-refractivity contribution is 1.18. The second-order valence-corrected chi connectivity index (χ2v) is 4.77. The zero-order valence-electron chi connectivity index (χ0n) is 10.2. The second kappa shape index (κ2) is 3.85. The maximum absolute atomic E-state index is 4.46. The van der Waals surface area contributed by atoms with E-state index in [9.17, 15) is 0 Å². The number of aryl methyl sites for hydroxylation is 1. The van der Waals surface area contributed by atoms with Crippen molar-refractivity contribution in [3.63, 3.8) is 0 Å². The SMILES string of the molecule is CC1=Cc2c(cc(C)cc2-c2ccccn2)C1. The van der Waals surface area contributed by atoms with Crippen molar-refractivity contribution >= 4 is 6.08 Å². The van der Waals surface area contributed by atoms with Crippen LogP contribution in [0.1, 0.15) is 23.6 Å². The largest absolute Gasteiger partial charge is 0.256 e. The smallest absolute Gasteiger partial charge is 0.0708 e. The molecule has 1 aromatic heterocycles. The molecule has 1 aliphatic carbocycles. The summed E-state index contributed by atoms with van der Waals surface area (Å²) < 4.78 is 0. The Morgan fingerprint density at radius 1 is 1.12 bits per heavy atom. The van der Waals surface area contributed by atoms with Crippen LogP contribution in [0.3, 0.4) is 0 Å². The molecule has 2 aromatic rings. The highest BCUT2D eigenvalue weighted by Gasteiger charge is 2.15. The molecule has 17 heavy (non-hydrogen) atoms. The Balaban J connectivity index is 2.24. The molecule has 0 saturated carbocycles. The van der Waals surface area contributed by atoms with Gasteiger partial charge in [-0.05, 0) is 49.6 Å². The molecular weight excluding hydrogens is 206 g/mol. The van der Waals surface area contributed by atoms with Gasteiger partial charge in [-0.15, -0.1) is 0 Å². The number of allylic oxidation sites excluding steroid dienone is 1. The summed E-state index contributed by atoms with van der Waals surface area (Å²) in [6.07, 6.45) is 5.23. The summed E-state index contributed by atoms with van der Waals surface area (Å²) in [6, 6.07) is 10.6. The maximum atomic E-state index is 4.46. The molecule has 1 heteroatoms. The van der Waals surface area contributed by atoms with Gasteiger partial charge in [0, 0.05) is 11.8 Å². The van der Waals surface area contributed by atoms with E-state index in [0.29, 0.717) is 0 Å². The summed E-state index contributed by atoms with van der Waals surface area (Å²) in [7, 11) is 0. The molecule has 1 nitrogen and oxygen atoms in total. The minimum absolute atomic E-state index is 1.07. The first-order chi connectivity index (χ1) is 8.24. The van der Waals surface area contributed by atoms with E-state index < -0.39 is 0 Å². The van der Waals surface area contributed by atoms with Crippen LogP contribution in [0.25, 0.3) is 17.3 Å². The molecule has 84 valence electrons. The Bertz CT molecular complexity index is 594. The number of fused-ring (bicyclic) bond motifs is 1. The summed E-state index contributed by atoms with van der Waals surface area (Å²) in [6.45, 7) is 4.35. The van der Waals surface area contributed by atoms with Crippen LogP contribution in [0, 0.1) is 6.92 Å². The van der Waals surface area contributed by atoms with Gasteiger partial charge >= 0.3 is 0 Å². The van der Waals surface area contributed by atoms with Crippen molar-refractivity contribution in [2.75, 3.05) is 0 Å². The third-order valence-electron chi connectivity index (χ3n) is 3.21. The Kier molecular flexibility index (Phi) is 2.32. The predicted octanol–water partition coefficient (Wildman–Crippen LogP) is 4.02. The van der Waals surface area contributed by atoms with E-state index in [-0.39, 0.29) is 0 Å². The lowest BCUT2D eigenvalue weighted by Gasteiger charge is -2.09. The van der Waals surface area contributed by atoms with Gasteiger partial charge in [0.2, 0.25) is 0 Å². The van der Waals surface area contributed by atoms with Gasteiger partial charge in [0.15, 0.2) is 0 Å². The molecule has 0 spiro atoms. The summed E-state index contributed by atoms with van der Waals surface area (Å²) >= 11 is 0. The van der Waals surface area contributed by atoms with Gasteiger partial charge in [0.25, 0.3) is 0 Å². The Morgan fingerprint density at radius 3 is 2.76 bits per heavy atom. The number of rotatable bonds is 1. The normalized spacial score (nSPS) is 13.4. The number of hydrogen-bond acceptors (Lipinski definition) is 1. The molecule has 0 bridgehead atoms. The van der Waals surface area contributed by atoms with Crippen LogP contribution >= 0.6 is 0 Å². The van der Waals surface area contributed by atoms with E-state index in [1.54, 1.807) is 0 Å². The highest BCUT2D eigenvalue weighted by atomic mass is 14.7. The van der Waals surface area contributed by atoms with Crippen LogP contribution in [0.5, 0.6) is 0 Å². The summed E-state index contributed by atoms with van der Waals surface area (Å²) in [5.41, 5.74) is 7.86. The van der Waals surface area contributed by atoms with Gasteiger partial charge in [0.05, 0.1) is 5.69 Å². The first-order valence-electron chi connectivity index (χ1n) is 5.96. The maximum Gasteiger partial charge on any atom is 0.0708 e. The van der Waals surface area contributed by atoms with Gasteiger partial charge in [0.1, 0.15) is 0 Å². The van der Waals surface area contributed by atoms with Crippen LogP contribution < -0.4 is 0 Å². The molecule has 0 N–H and O–H groups in total. The lowest BCUT2D eigenvalue weighted by atomic mass is 9.97. The van der Waals surface area contributed by atoms with E-state index in [1.807, 2.05) is 18.3 Å². The number of nitrogens with zero attached hydrogens (tertiary/aromatic N) is 1. The number of aromatic nitrogens is 1. The van der Waals surface area contributed by atoms with E-state index in [1.165, 1.54) is 27.8 Å². The van der Waals surface area contributed by atoms with E-state index in [0.717, 1.165) is 12.1 Å². The molecule has 0 aliphatic heterocycles. The standard InChI is InChI=1S/C16H15N/c1-11-7-13-8-12(2)10-15(14(13)9-11)16-5-3-4-6-17-16/h3-6,8-10H,7H2,1-2H3. The zero-order valence-corrected chi connectivity index (χ0v) is 10.2. The third kappa shape index (κ3) is 1.78. The minimum atomic E-state index is 1.07. The molecule has 1 aromatic carbocycles. The first-order valence-corrected chi connectivity index (χ1v) is 5.96. The average Bonchev–Trinajstić information content (AvgIpc) is 2.69. The van der Waals surface area contributed by atoms with Crippen molar-refractivity contribution in [1.29, 1.82) is 0 Å². The van der Waals surface area contributed by atoms with E-state index in [4.69, 9.17) is 0 Å². The minimum Gasteiger partial charge on any atom is -0.256 e. The van der Waals surface area contributed by atoms with Crippen LogP contribution in [0.4, 0.5) is 0 Å². The van der Waals surface area contributed by atoms with Crippen molar-refractivity contribution in [2.24, 2.45) is 0 Å². The molecule has 1 aliphatic rings. The number of benzene rings is 1. The molecule has 3 rings (SSSR count). The van der Waals surface area contributed by atoms with Crippen LogP contribution in [-0.2, 0) is 6.42 Å². The highest BCUT2D eigenvalue weighted by Crippen LogP contribution is 2.34. The monoisotopic (exact) mass is 221 g/mol. The van der Waals surface area contributed by atoms with Gasteiger partial charge < -0.3 is 0 Å². The summed E-state index contributed by atoms with van der Waals surface area (Å²) in [5, 5.41) is 0. The van der Waals surface area contributed by atoms with Crippen molar-refractivity contribution in [3.8, 4) is 11.3 Å². The molecule has 0 radical (unpaired) electrons. The highest BCUT2D eigenvalue weighted by molar-refractivity contribution is 5.79. The predicted molar refractivity (Wildman–Crippen MR) is 71.8 cm³/mol. The Morgan fingerprint density at radius 2 is 2.00 bits per heavy atom. The van der Waals surface area contributed by atoms with Crippen molar-refractivity contribution in [2.45, 2.75) is 20.3 Å². The van der Waals surface area contributed by atoms with Crippen LogP contribution in [0.2, 0.25) is 0 Å². The number of pyridine rings is 1. The van der Waals surface area contributed by atoms with Gasteiger partial charge in [-0.2, -0.15) is 0 Å². The summed E-state index contributed by atoms with van der Waals surface area (Å²) in [4.78, 5) is 4.46. The van der Waals surface area contributed by atoms with Gasteiger partial charge in [-0.1, -0.05) is 29.3 Å². The van der Waals surface area contributed by atoms with Gasteiger partial charge in [-0.3, -0.25) is 4.98 Å². The van der Waals surface area contributed by atoms with Crippen LogP contribution in [-0.4, -0.2) is 4.98 Å². The molecular formula is C16H15N. The molecule has 0 saturated heterocycles. The first kappa shape index (κ1) is 10.3. The van der Waals surface area contributed by atoms with Crippen molar-refractivity contribution in [3.05, 3.63) is 58.8 Å². The van der Waals surface area contributed by atoms with Crippen molar-refractivity contribution < 1.29 is 0 Å². The second-order valence-electron chi connectivity index (χ2n) is 4.77. The fraction of sp³-hybridized carbons (Fsp3) is 0.188. The Hall–Kier alpha value is -1.89. The molecule has 0 atom stereocenters. The fourth-order valence-corrected chi connectivity index (χ4v) is 2.52. The molecule has 0 fully saturated rings.